The van der Waals surface area contributed by atoms with Gasteiger partial charge >= 0.3 is 5.97 Å². The second-order valence-electron chi connectivity index (χ2n) is 5.79. The van der Waals surface area contributed by atoms with E-state index in [2.05, 4.69) is 0 Å². The van der Waals surface area contributed by atoms with Gasteiger partial charge in [-0.3, -0.25) is 0 Å². The highest BCUT2D eigenvalue weighted by atomic mass is 16.5. The average Bonchev–Trinajstić information content (AvgIpc) is 2.91. The summed E-state index contributed by atoms with van der Waals surface area (Å²) < 4.78 is 16.5. The van der Waals surface area contributed by atoms with Gasteiger partial charge in [0.15, 0.2) is 17.6 Å². The fourth-order valence-corrected chi connectivity index (χ4v) is 2.83. The number of carbonyl (C=O) groups is 1. The molecule has 0 amide bonds. The van der Waals surface area contributed by atoms with Crippen molar-refractivity contribution >= 4 is 11.7 Å². The largest absolute Gasteiger partial charge is 0.493 e. The van der Waals surface area contributed by atoms with E-state index in [0.29, 0.717) is 23.7 Å². The predicted octanol–water partition coefficient (Wildman–Crippen LogP) is 3.42. The first-order chi connectivity index (χ1) is 11.5. The second kappa shape index (κ2) is 6.43. The monoisotopic (exact) mass is 327 g/mol. The van der Waals surface area contributed by atoms with E-state index in [1.807, 2.05) is 62.3 Å². The van der Waals surface area contributed by atoms with Gasteiger partial charge in [0.05, 0.1) is 19.3 Å². The molecule has 2 aromatic carbocycles. The van der Waals surface area contributed by atoms with Crippen LogP contribution < -0.4 is 14.4 Å². The Balaban J connectivity index is 2.01. The second-order valence-corrected chi connectivity index (χ2v) is 5.79. The van der Waals surface area contributed by atoms with Crippen molar-refractivity contribution < 1.29 is 19.0 Å². The van der Waals surface area contributed by atoms with Crippen LogP contribution in [0.15, 0.2) is 36.4 Å². The molecule has 0 radical (unpaired) electrons. The minimum atomic E-state index is -0.422. The molecule has 0 spiro atoms. The van der Waals surface area contributed by atoms with Gasteiger partial charge in [0, 0.05) is 30.9 Å². The van der Waals surface area contributed by atoms with E-state index in [4.69, 9.17) is 14.2 Å². The highest BCUT2D eigenvalue weighted by molar-refractivity contribution is 5.95. The summed E-state index contributed by atoms with van der Waals surface area (Å²) >= 11 is 0. The van der Waals surface area contributed by atoms with E-state index in [1.165, 1.54) is 0 Å². The molecule has 1 aliphatic rings. The number of rotatable bonds is 5. The van der Waals surface area contributed by atoms with Crippen LogP contribution in [0.2, 0.25) is 0 Å². The number of methoxy groups -OCH3 is 1. The first-order valence-corrected chi connectivity index (χ1v) is 7.88. The lowest BCUT2D eigenvalue weighted by Crippen LogP contribution is -2.09. The first-order valence-electron chi connectivity index (χ1n) is 7.88. The first kappa shape index (κ1) is 16.2. The van der Waals surface area contributed by atoms with E-state index < -0.39 is 6.10 Å². The summed E-state index contributed by atoms with van der Waals surface area (Å²) in [6, 6.07) is 11.4. The molecule has 3 rings (SSSR count). The van der Waals surface area contributed by atoms with Crippen molar-refractivity contribution in [2.75, 3.05) is 32.7 Å². The third kappa shape index (κ3) is 2.77. The van der Waals surface area contributed by atoms with Crippen molar-refractivity contribution in [1.29, 1.82) is 0 Å². The van der Waals surface area contributed by atoms with Crippen LogP contribution in [0.4, 0.5) is 5.69 Å². The van der Waals surface area contributed by atoms with E-state index in [-0.39, 0.29) is 5.97 Å². The Kier molecular flexibility index (Phi) is 4.34. The molecule has 0 aromatic heterocycles. The minimum Gasteiger partial charge on any atom is -0.493 e. The number of benzene rings is 2. The third-order valence-corrected chi connectivity index (χ3v) is 4.07. The van der Waals surface area contributed by atoms with Crippen molar-refractivity contribution in [2.24, 2.45) is 0 Å². The summed E-state index contributed by atoms with van der Waals surface area (Å²) in [4.78, 5) is 14.2. The number of ether oxygens (including phenoxy) is 3. The number of cyclic esters (lactones) is 1. The highest BCUT2D eigenvalue weighted by Crippen LogP contribution is 2.40. The Hall–Kier alpha value is -2.69. The molecule has 0 aliphatic carbocycles. The number of esters is 1. The normalized spacial score (nSPS) is 15.7. The van der Waals surface area contributed by atoms with Crippen LogP contribution in [0.1, 0.15) is 34.5 Å². The Morgan fingerprint density at radius 3 is 2.58 bits per heavy atom. The molecule has 0 fully saturated rings. The van der Waals surface area contributed by atoms with Crippen LogP contribution in [0.25, 0.3) is 0 Å². The third-order valence-electron chi connectivity index (χ3n) is 4.07. The van der Waals surface area contributed by atoms with Crippen molar-refractivity contribution in [3.8, 4) is 11.5 Å². The molecule has 5 nitrogen and oxygen atoms in total. The van der Waals surface area contributed by atoms with Crippen LogP contribution in [0.5, 0.6) is 11.5 Å². The highest BCUT2D eigenvalue weighted by Gasteiger charge is 2.33. The van der Waals surface area contributed by atoms with Gasteiger partial charge in [0.2, 0.25) is 0 Å². The van der Waals surface area contributed by atoms with Crippen molar-refractivity contribution in [2.45, 2.75) is 13.0 Å². The summed E-state index contributed by atoms with van der Waals surface area (Å²) in [7, 11) is 5.49. The van der Waals surface area contributed by atoms with E-state index in [0.717, 1.165) is 16.8 Å². The number of hydrogen-bond donors (Lipinski definition) is 0. The summed E-state index contributed by atoms with van der Waals surface area (Å²) in [5.74, 6) is 1.01. The molecule has 0 bridgehead atoms. The maximum atomic E-state index is 12.3. The maximum Gasteiger partial charge on any atom is 0.339 e. The van der Waals surface area contributed by atoms with Crippen molar-refractivity contribution in [1.82, 2.24) is 0 Å². The van der Waals surface area contributed by atoms with Gasteiger partial charge in [0.1, 0.15) is 0 Å². The fourth-order valence-electron chi connectivity index (χ4n) is 2.83. The maximum absolute atomic E-state index is 12.3. The quantitative estimate of drug-likeness (QED) is 0.788. The molecule has 126 valence electrons. The molecular weight excluding hydrogens is 306 g/mol. The van der Waals surface area contributed by atoms with E-state index in [1.54, 1.807) is 7.11 Å². The lowest BCUT2D eigenvalue weighted by atomic mass is 9.98. The van der Waals surface area contributed by atoms with Gasteiger partial charge in [0.25, 0.3) is 0 Å². The molecular formula is C19H21NO4. The Morgan fingerprint density at radius 2 is 1.92 bits per heavy atom. The summed E-state index contributed by atoms with van der Waals surface area (Å²) in [6.45, 7) is 2.45. The molecule has 1 heterocycles. The molecule has 1 unspecified atom stereocenters. The number of nitrogens with zero attached hydrogens (tertiary/aromatic N) is 1. The number of anilines is 1. The molecule has 24 heavy (non-hydrogen) atoms. The Bertz CT molecular complexity index is 770. The smallest absolute Gasteiger partial charge is 0.339 e. The van der Waals surface area contributed by atoms with Crippen LogP contribution in [-0.4, -0.2) is 33.8 Å². The number of carbonyl (C=O) groups excluding carboxylic acids is 1. The molecule has 2 aromatic rings. The molecule has 5 heteroatoms. The lowest BCUT2D eigenvalue weighted by molar-refractivity contribution is 0.0455. The zero-order valence-corrected chi connectivity index (χ0v) is 14.3. The summed E-state index contributed by atoms with van der Waals surface area (Å²) in [5, 5.41) is 0. The Morgan fingerprint density at radius 1 is 1.12 bits per heavy atom. The van der Waals surface area contributed by atoms with Crippen LogP contribution in [-0.2, 0) is 4.74 Å². The SMILES string of the molecule is CCOc1cc(C2OC(=O)c3cc(N(C)C)ccc32)ccc1OC. The van der Waals surface area contributed by atoms with Crippen LogP contribution >= 0.6 is 0 Å². The van der Waals surface area contributed by atoms with Gasteiger partial charge in [-0.05, 0) is 31.2 Å². The zero-order valence-electron chi connectivity index (χ0n) is 14.3. The molecule has 0 N–H and O–H groups in total. The van der Waals surface area contributed by atoms with Crippen LogP contribution in [0.3, 0.4) is 0 Å². The fraction of sp³-hybridized carbons (Fsp3) is 0.316. The summed E-state index contributed by atoms with van der Waals surface area (Å²) in [5.41, 5.74) is 3.32. The van der Waals surface area contributed by atoms with Gasteiger partial charge in [-0.1, -0.05) is 12.1 Å². The van der Waals surface area contributed by atoms with Gasteiger partial charge in [-0.2, -0.15) is 0 Å². The van der Waals surface area contributed by atoms with Gasteiger partial charge in [-0.25, -0.2) is 4.79 Å². The van der Waals surface area contributed by atoms with Crippen LogP contribution in [0, 0.1) is 0 Å². The summed E-state index contributed by atoms with van der Waals surface area (Å²) in [6.07, 6.45) is -0.422. The lowest BCUT2D eigenvalue weighted by Gasteiger charge is -2.16. The number of hydrogen-bond acceptors (Lipinski definition) is 5. The Labute approximate surface area is 141 Å². The predicted molar refractivity (Wildman–Crippen MR) is 92.2 cm³/mol. The van der Waals surface area contributed by atoms with Crippen molar-refractivity contribution in [3.63, 3.8) is 0 Å². The number of fused-ring (bicyclic) bond motifs is 1. The molecule has 0 saturated carbocycles. The molecule has 1 atom stereocenters. The standard InChI is InChI=1S/C19H21NO4/c1-5-23-17-10-12(6-9-16(17)22-4)18-14-8-7-13(20(2)3)11-15(14)19(21)24-18/h6-11,18H,5H2,1-4H3. The topological polar surface area (TPSA) is 48.0 Å². The minimum absolute atomic E-state index is 0.299. The van der Waals surface area contributed by atoms with Gasteiger partial charge < -0.3 is 19.1 Å². The van der Waals surface area contributed by atoms with E-state index in [9.17, 15) is 4.79 Å². The zero-order chi connectivity index (χ0) is 17.3. The average molecular weight is 327 g/mol. The van der Waals surface area contributed by atoms with Crippen molar-refractivity contribution in [3.05, 3.63) is 53.1 Å². The van der Waals surface area contributed by atoms with E-state index >= 15 is 0 Å². The molecule has 0 saturated heterocycles. The van der Waals surface area contributed by atoms with Gasteiger partial charge in [-0.15, -0.1) is 0 Å². The molecule has 1 aliphatic heterocycles.